The van der Waals surface area contributed by atoms with Gasteiger partial charge in [-0.25, -0.2) is 0 Å². The van der Waals surface area contributed by atoms with E-state index in [1.807, 2.05) is 32.3 Å². The Hall–Kier alpha value is -1.64. The molecular weight excluding hydrogens is 162 g/mol. The van der Waals surface area contributed by atoms with Crippen molar-refractivity contribution in [2.24, 2.45) is 0 Å². The highest BCUT2D eigenvalue weighted by Gasteiger charge is 2.03. The fraction of sp³-hybridized carbons (Fsp3) is 0.200. The number of aryl methyl sites for hydroxylation is 1. The molecule has 0 saturated heterocycles. The molecule has 0 saturated carbocycles. The highest BCUT2D eigenvalue weighted by atomic mass is 14.9. The van der Waals surface area contributed by atoms with E-state index in [1.165, 1.54) is 0 Å². The van der Waals surface area contributed by atoms with E-state index in [9.17, 15) is 0 Å². The first-order chi connectivity index (χ1) is 6.33. The fourth-order valence-corrected chi connectivity index (χ4v) is 1.43. The lowest BCUT2D eigenvalue weighted by Gasteiger charge is -2.06. The number of nitrogens with one attached hydrogen (secondary N) is 1. The van der Waals surface area contributed by atoms with Crippen LogP contribution in [0, 0.1) is 6.92 Å². The molecule has 2 aromatic rings. The van der Waals surface area contributed by atoms with E-state index < -0.39 is 0 Å². The normalized spacial score (nSPS) is 10.3. The van der Waals surface area contributed by atoms with Crippen LogP contribution in [0.3, 0.4) is 0 Å². The third kappa shape index (κ3) is 1.22. The molecule has 0 unspecified atom stereocenters. The summed E-state index contributed by atoms with van der Waals surface area (Å²) in [4.78, 5) is 8.57. The van der Waals surface area contributed by atoms with E-state index in [2.05, 4.69) is 15.3 Å². The lowest BCUT2D eigenvalue weighted by atomic mass is 10.2. The Bertz CT molecular complexity index is 437. The summed E-state index contributed by atoms with van der Waals surface area (Å²) in [5, 5.41) is 3.14. The lowest BCUT2D eigenvalue weighted by Crippen LogP contribution is -1.95. The maximum atomic E-state index is 4.29. The van der Waals surface area contributed by atoms with Crippen molar-refractivity contribution in [2.45, 2.75) is 6.92 Å². The number of aromatic nitrogens is 2. The molecule has 0 aliphatic carbocycles. The molecule has 2 aromatic heterocycles. The molecule has 3 heteroatoms. The van der Waals surface area contributed by atoms with Crippen LogP contribution in [0.15, 0.2) is 24.5 Å². The van der Waals surface area contributed by atoms with Gasteiger partial charge in [-0.1, -0.05) is 0 Å². The van der Waals surface area contributed by atoms with Crippen molar-refractivity contribution < 1.29 is 0 Å². The van der Waals surface area contributed by atoms with E-state index >= 15 is 0 Å². The molecule has 3 nitrogen and oxygen atoms in total. The Balaban J connectivity index is 2.84. The van der Waals surface area contributed by atoms with Gasteiger partial charge in [-0.05, 0) is 24.6 Å². The second kappa shape index (κ2) is 3.01. The fourth-order valence-electron chi connectivity index (χ4n) is 1.43. The topological polar surface area (TPSA) is 37.8 Å². The van der Waals surface area contributed by atoms with Crippen molar-refractivity contribution >= 4 is 16.7 Å². The summed E-state index contributed by atoms with van der Waals surface area (Å²) in [6, 6.07) is 3.85. The van der Waals surface area contributed by atoms with Crippen LogP contribution in [-0.2, 0) is 0 Å². The summed E-state index contributed by atoms with van der Waals surface area (Å²) in [6.45, 7) is 2.02. The predicted molar refractivity (Wildman–Crippen MR) is 53.8 cm³/mol. The molecule has 0 amide bonds. The molecule has 0 aromatic carbocycles. The second-order valence-corrected chi connectivity index (χ2v) is 2.94. The van der Waals surface area contributed by atoms with Gasteiger partial charge in [0.15, 0.2) is 0 Å². The molecule has 0 radical (unpaired) electrons. The van der Waals surface area contributed by atoms with Crippen LogP contribution in [0.1, 0.15) is 5.56 Å². The summed E-state index contributed by atoms with van der Waals surface area (Å²) >= 11 is 0. The molecule has 2 rings (SSSR count). The lowest BCUT2D eigenvalue weighted by molar-refractivity contribution is 1.28. The second-order valence-electron chi connectivity index (χ2n) is 2.94. The van der Waals surface area contributed by atoms with Gasteiger partial charge in [0, 0.05) is 19.4 Å². The SMILES string of the molecule is CNc1c(C)cnc2cccnc12. The van der Waals surface area contributed by atoms with Crippen molar-refractivity contribution in [3.63, 3.8) is 0 Å². The first-order valence-corrected chi connectivity index (χ1v) is 4.21. The molecule has 1 N–H and O–H groups in total. The molecule has 13 heavy (non-hydrogen) atoms. The zero-order valence-corrected chi connectivity index (χ0v) is 7.70. The third-order valence-corrected chi connectivity index (χ3v) is 2.06. The van der Waals surface area contributed by atoms with E-state index in [4.69, 9.17) is 0 Å². The molecule has 66 valence electrons. The molecular formula is C10H11N3. The Kier molecular flexibility index (Phi) is 1.85. The number of anilines is 1. The van der Waals surface area contributed by atoms with E-state index in [0.717, 1.165) is 22.3 Å². The van der Waals surface area contributed by atoms with Gasteiger partial charge >= 0.3 is 0 Å². The first kappa shape index (κ1) is 7.98. The molecule has 0 atom stereocenters. The van der Waals surface area contributed by atoms with Gasteiger partial charge in [-0.2, -0.15) is 0 Å². The minimum absolute atomic E-state index is 0.928. The van der Waals surface area contributed by atoms with E-state index in [-0.39, 0.29) is 0 Å². The zero-order valence-electron chi connectivity index (χ0n) is 7.70. The van der Waals surface area contributed by atoms with Gasteiger partial charge in [-0.15, -0.1) is 0 Å². The quantitative estimate of drug-likeness (QED) is 0.716. The van der Waals surface area contributed by atoms with Gasteiger partial charge in [-0.3, -0.25) is 9.97 Å². The van der Waals surface area contributed by atoms with E-state index in [1.54, 1.807) is 6.20 Å². The van der Waals surface area contributed by atoms with Gasteiger partial charge in [0.25, 0.3) is 0 Å². The average Bonchev–Trinajstić information content (AvgIpc) is 2.18. The summed E-state index contributed by atoms with van der Waals surface area (Å²) in [5.74, 6) is 0. The minimum atomic E-state index is 0.928. The standard InChI is InChI=1S/C10H11N3/c1-7-6-13-8-4-3-5-12-10(8)9(7)11-2/h3-6H,1-2H3,(H,11,13). The molecule has 0 fully saturated rings. The van der Waals surface area contributed by atoms with Crippen molar-refractivity contribution in [2.75, 3.05) is 12.4 Å². The monoisotopic (exact) mass is 173 g/mol. The summed E-state index contributed by atoms with van der Waals surface area (Å²) in [7, 11) is 1.90. The largest absolute Gasteiger partial charge is 0.386 e. The number of rotatable bonds is 1. The van der Waals surface area contributed by atoms with Crippen LogP contribution in [0.5, 0.6) is 0 Å². The molecule has 0 aliphatic heterocycles. The molecule has 0 spiro atoms. The predicted octanol–water partition coefficient (Wildman–Crippen LogP) is 1.98. The van der Waals surface area contributed by atoms with Crippen LogP contribution in [0.4, 0.5) is 5.69 Å². The van der Waals surface area contributed by atoms with Gasteiger partial charge < -0.3 is 5.32 Å². The Labute approximate surface area is 76.8 Å². The number of nitrogens with zero attached hydrogens (tertiary/aromatic N) is 2. The highest BCUT2D eigenvalue weighted by Crippen LogP contribution is 2.21. The summed E-state index contributed by atoms with van der Waals surface area (Å²) in [6.07, 6.45) is 3.64. The number of fused-ring (bicyclic) bond motifs is 1. The van der Waals surface area contributed by atoms with Crippen molar-refractivity contribution in [1.29, 1.82) is 0 Å². The Morgan fingerprint density at radius 1 is 1.31 bits per heavy atom. The van der Waals surface area contributed by atoms with Crippen molar-refractivity contribution in [3.05, 3.63) is 30.1 Å². The maximum absolute atomic E-state index is 4.29. The van der Waals surface area contributed by atoms with Crippen LogP contribution in [0.25, 0.3) is 11.0 Å². The minimum Gasteiger partial charge on any atom is -0.386 e. The third-order valence-electron chi connectivity index (χ3n) is 2.06. The van der Waals surface area contributed by atoms with Crippen LogP contribution < -0.4 is 5.32 Å². The number of hydrogen-bond donors (Lipinski definition) is 1. The van der Waals surface area contributed by atoms with Gasteiger partial charge in [0.05, 0.1) is 11.2 Å². The van der Waals surface area contributed by atoms with Gasteiger partial charge in [0.1, 0.15) is 5.52 Å². The van der Waals surface area contributed by atoms with Crippen LogP contribution in [-0.4, -0.2) is 17.0 Å². The van der Waals surface area contributed by atoms with Crippen molar-refractivity contribution in [3.8, 4) is 0 Å². The number of hydrogen-bond acceptors (Lipinski definition) is 3. The average molecular weight is 173 g/mol. The molecule has 2 heterocycles. The van der Waals surface area contributed by atoms with Gasteiger partial charge in [0.2, 0.25) is 0 Å². The highest BCUT2D eigenvalue weighted by molar-refractivity contribution is 5.88. The summed E-state index contributed by atoms with van der Waals surface area (Å²) in [5.41, 5.74) is 4.04. The maximum Gasteiger partial charge on any atom is 0.112 e. The van der Waals surface area contributed by atoms with Crippen LogP contribution in [0.2, 0.25) is 0 Å². The Morgan fingerprint density at radius 3 is 2.92 bits per heavy atom. The van der Waals surface area contributed by atoms with Crippen molar-refractivity contribution in [1.82, 2.24) is 9.97 Å². The first-order valence-electron chi connectivity index (χ1n) is 4.21. The smallest absolute Gasteiger partial charge is 0.112 e. The zero-order chi connectivity index (χ0) is 9.26. The summed E-state index contributed by atoms with van der Waals surface area (Å²) < 4.78 is 0. The van der Waals surface area contributed by atoms with E-state index in [0.29, 0.717) is 0 Å². The molecule has 0 aliphatic rings. The Morgan fingerprint density at radius 2 is 2.15 bits per heavy atom. The number of pyridine rings is 2. The molecule has 0 bridgehead atoms. The van der Waals surface area contributed by atoms with Crippen LogP contribution >= 0.6 is 0 Å².